The molecule has 1 saturated heterocycles. The van der Waals surface area contributed by atoms with Crippen molar-refractivity contribution in [3.8, 4) is 0 Å². The molecule has 2 N–H and O–H groups in total. The van der Waals surface area contributed by atoms with Gasteiger partial charge in [-0.2, -0.15) is 0 Å². The zero-order valence-corrected chi connectivity index (χ0v) is 14.8. The van der Waals surface area contributed by atoms with Gasteiger partial charge in [0.1, 0.15) is 0 Å². The van der Waals surface area contributed by atoms with E-state index in [-0.39, 0.29) is 18.0 Å². The number of carbonyl (C=O) groups excluding carboxylic acids is 1. The summed E-state index contributed by atoms with van der Waals surface area (Å²) in [5, 5.41) is 15.2. The van der Waals surface area contributed by atoms with Gasteiger partial charge in [-0.3, -0.25) is 0 Å². The largest absolute Gasteiger partial charge is 0.390 e. The molecule has 5 heteroatoms. The van der Waals surface area contributed by atoms with Crippen LogP contribution in [0.1, 0.15) is 51.5 Å². The van der Waals surface area contributed by atoms with Gasteiger partial charge in [-0.25, -0.2) is 4.79 Å². The molecule has 124 valence electrons. The third kappa shape index (κ3) is 3.82. The van der Waals surface area contributed by atoms with Crippen molar-refractivity contribution in [2.24, 2.45) is 11.8 Å². The zero-order chi connectivity index (χ0) is 16.3. The van der Waals surface area contributed by atoms with Gasteiger partial charge >= 0.3 is 6.03 Å². The van der Waals surface area contributed by atoms with Crippen LogP contribution in [0.5, 0.6) is 0 Å². The first-order valence-corrected chi connectivity index (χ1v) is 9.06. The van der Waals surface area contributed by atoms with Gasteiger partial charge in [-0.1, -0.05) is 32.8 Å². The van der Waals surface area contributed by atoms with Crippen molar-refractivity contribution in [1.82, 2.24) is 10.2 Å². The number of amides is 2. The number of hydrogen-bond donors (Lipinski definition) is 2. The molecule has 2 heterocycles. The maximum absolute atomic E-state index is 12.5. The van der Waals surface area contributed by atoms with Crippen LogP contribution in [0.4, 0.5) is 4.79 Å². The summed E-state index contributed by atoms with van der Waals surface area (Å²) >= 11 is 1.70. The summed E-state index contributed by atoms with van der Waals surface area (Å²) in [5.74, 6) is 0.626. The quantitative estimate of drug-likeness (QED) is 0.839. The first kappa shape index (κ1) is 17.3. The van der Waals surface area contributed by atoms with Crippen LogP contribution in [0, 0.1) is 11.8 Å². The van der Waals surface area contributed by atoms with E-state index in [4.69, 9.17) is 0 Å². The Morgan fingerprint density at radius 2 is 2.09 bits per heavy atom. The van der Waals surface area contributed by atoms with E-state index in [1.807, 2.05) is 19.9 Å². The van der Waals surface area contributed by atoms with E-state index < -0.39 is 5.60 Å². The fourth-order valence-corrected chi connectivity index (χ4v) is 3.83. The standard InChI is InChI=1S/C17H28N2O2S/c1-5-12(6-2)15(14-8-7-9-22-14)18-16(20)19-10-13(11-19)17(3,4)21/h7-9,12-13,15,21H,5-6,10-11H2,1-4H3,(H,18,20). The highest BCUT2D eigenvalue weighted by Crippen LogP contribution is 2.32. The Balaban J connectivity index is 1.98. The summed E-state index contributed by atoms with van der Waals surface area (Å²) in [5.41, 5.74) is -0.709. The fourth-order valence-electron chi connectivity index (χ4n) is 2.97. The third-order valence-electron chi connectivity index (χ3n) is 4.82. The number of hydrogen-bond acceptors (Lipinski definition) is 3. The highest BCUT2D eigenvalue weighted by atomic mass is 32.1. The molecule has 1 unspecified atom stereocenters. The van der Waals surface area contributed by atoms with E-state index in [9.17, 15) is 9.90 Å². The van der Waals surface area contributed by atoms with Crippen molar-refractivity contribution in [2.45, 2.75) is 52.2 Å². The van der Waals surface area contributed by atoms with E-state index in [1.54, 1.807) is 16.2 Å². The number of nitrogens with one attached hydrogen (secondary N) is 1. The van der Waals surface area contributed by atoms with Gasteiger partial charge in [0.05, 0.1) is 11.6 Å². The summed E-state index contributed by atoms with van der Waals surface area (Å²) in [6.45, 7) is 9.24. The second-order valence-corrected chi connectivity index (χ2v) is 7.75. The molecule has 1 atom stereocenters. The molecule has 4 nitrogen and oxygen atoms in total. The van der Waals surface area contributed by atoms with Gasteiger partial charge in [0.25, 0.3) is 0 Å². The van der Waals surface area contributed by atoms with E-state index in [1.165, 1.54) is 4.88 Å². The van der Waals surface area contributed by atoms with Gasteiger partial charge in [0.2, 0.25) is 0 Å². The minimum atomic E-state index is -0.709. The number of rotatable bonds is 6. The molecule has 2 rings (SSSR count). The molecule has 0 spiro atoms. The van der Waals surface area contributed by atoms with Crippen molar-refractivity contribution >= 4 is 17.4 Å². The predicted octanol–water partition coefficient (Wildman–Crippen LogP) is 3.64. The van der Waals surface area contributed by atoms with Crippen LogP contribution < -0.4 is 5.32 Å². The molecule has 1 aliphatic rings. The Morgan fingerprint density at radius 3 is 2.55 bits per heavy atom. The van der Waals surface area contributed by atoms with Crippen LogP contribution in [-0.2, 0) is 0 Å². The topological polar surface area (TPSA) is 52.6 Å². The maximum Gasteiger partial charge on any atom is 0.317 e. The number of urea groups is 1. The minimum absolute atomic E-state index is 0.00852. The number of carbonyl (C=O) groups is 1. The van der Waals surface area contributed by atoms with Crippen LogP contribution in [-0.4, -0.2) is 34.7 Å². The lowest BCUT2D eigenvalue weighted by Crippen LogP contribution is -2.60. The van der Waals surface area contributed by atoms with E-state index >= 15 is 0 Å². The van der Waals surface area contributed by atoms with Gasteiger partial charge in [-0.05, 0) is 31.2 Å². The average Bonchev–Trinajstić information content (AvgIpc) is 2.88. The summed E-state index contributed by atoms with van der Waals surface area (Å²) in [6.07, 6.45) is 2.09. The lowest BCUT2D eigenvalue weighted by molar-refractivity contribution is -0.0462. The predicted molar refractivity (Wildman–Crippen MR) is 91.0 cm³/mol. The zero-order valence-electron chi connectivity index (χ0n) is 14.0. The van der Waals surface area contributed by atoms with Gasteiger partial charge in [0, 0.05) is 23.9 Å². The first-order chi connectivity index (χ1) is 10.4. The average molecular weight is 324 g/mol. The number of likely N-dealkylation sites (tertiary alicyclic amines) is 1. The molecule has 22 heavy (non-hydrogen) atoms. The van der Waals surface area contributed by atoms with Crippen LogP contribution in [0.3, 0.4) is 0 Å². The smallest absolute Gasteiger partial charge is 0.317 e. The van der Waals surface area contributed by atoms with Crippen molar-refractivity contribution in [2.75, 3.05) is 13.1 Å². The maximum atomic E-state index is 12.5. The van der Waals surface area contributed by atoms with Crippen molar-refractivity contribution in [3.05, 3.63) is 22.4 Å². The Morgan fingerprint density at radius 1 is 1.45 bits per heavy atom. The normalized spacial score (nSPS) is 17.5. The summed E-state index contributed by atoms with van der Waals surface area (Å²) in [6, 6.07) is 4.22. The molecule has 1 aromatic rings. The van der Waals surface area contributed by atoms with Crippen LogP contribution >= 0.6 is 11.3 Å². The first-order valence-electron chi connectivity index (χ1n) is 8.18. The third-order valence-corrected chi connectivity index (χ3v) is 5.77. The summed E-state index contributed by atoms with van der Waals surface area (Å²) < 4.78 is 0. The fraction of sp³-hybridized carbons (Fsp3) is 0.706. The summed E-state index contributed by atoms with van der Waals surface area (Å²) in [7, 11) is 0. The van der Waals surface area contributed by atoms with Crippen molar-refractivity contribution in [1.29, 1.82) is 0 Å². The molecule has 0 aromatic carbocycles. The molecule has 2 amide bonds. The number of aliphatic hydroxyl groups is 1. The van der Waals surface area contributed by atoms with Crippen molar-refractivity contribution in [3.63, 3.8) is 0 Å². The minimum Gasteiger partial charge on any atom is -0.390 e. The van der Waals surface area contributed by atoms with Gasteiger partial charge in [0.15, 0.2) is 0 Å². The molecule has 1 fully saturated rings. The van der Waals surface area contributed by atoms with Crippen LogP contribution in [0.25, 0.3) is 0 Å². The summed E-state index contributed by atoms with van der Waals surface area (Å²) in [4.78, 5) is 15.5. The molecule has 0 bridgehead atoms. The molecular formula is C17H28N2O2S. The molecule has 0 aliphatic carbocycles. The lowest BCUT2D eigenvalue weighted by atomic mass is 9.84. The monoisotopic (exact) mass is 324 g/mol. The van der Waals surface area contributed by atoms with Gasteiger partial charge in [-0.15, -0.1) is 11.3 Å². The SMILES string of the molecule is CCC(CC)C(NC(=O)N1CC(C(C)(C)O)C1)c1cccs1. The lowest BCUT2D eigenvalue weighted by Gasteiger charge is -2.45. The van der Waals surface area contributed by atoms with E-state index in [0.29, 0.717) is 19.0 Å². The van der Waals surface area contributed by atoms with Crippen LogP contribution in [0.15, 0.2) is 17.5 Å². The van der Waals surface area contributed by atoms with E-state index in [2.05, 4.69) is 30.6 Å². The van der Waals surface area contributed by atoms with Crippen molar-refractivity contribution < 1.29 is 9.90 Å². The molecule has 1 aromatic heterocycles. The van der Waals surface area contributed by atoms with E-state index in [0.717, 1.165) is 12.8 Å². The molecular weight excluding hydrogens is 296 g/mol. The Kier molecular flexibility index (Phi) is 5.50. The molecule has 1 aliphatic heterocycles. The second kappa shape index (κ2) is 7.01. The Bertz CT molecular complexity index is 471. The Labute approximate surface area is 137 Å². The van der Waals surface area contributed by atoms with Gasteiger partial charge < -0.3 is 15.3 Å². The molecule has 0 saturated carbocycles. The highest BCUT2D eigenvalue weighted by Gasteiger charge is 2.40. The highest BCUT2D eigenvalue weighted by molar-refractivity contribution is 7.10. The Hall–Kier alpha value is -1.07. The number of nitrogens with zero attached hydrogens (tertiary/aromatic N) is 1. The number of thiophene rings is 1. The second-order valence-electron chi connectivity index (χ2n) is 6.77. The van der Waals surface area contributed by atoms with Crippen LogP contribution in [0.2, 0.25) is 0 Å². The molecule has 0 radical (unpaired) electrons.